The number of benzene rings is 5. The Labute approximate surface area is 435 Å². The molecule has 3 N–H and O–H groups in total. The van der Waals surface area contributed by atoms with Crippen molar-refractivity contribution in [1.82, 2.24) is 29.9 Å². The van der Waals surface area contributed by atoms with Crippen molar-refractivity contribution in [2.24, 2.45) is 11.8 Å². The molecule has 1 amide bonds. The molecule has 370 valence electrons. The number of carbonyl (C=O) groups excluding carboxylic acids is 2. The molecular weight excluding hydrogens is 953 g/mol. The summed E-state index contributed by atoms with van der Waals surface area (Å²) >= 11 is 0. The minimum Gasteiger partial charge on any atom is -0.469 e. The van der Waals surface area contributed by atoms with Crippen molar-refractivity contribution in [3.8, 4) is 56.1 Å². The topological polar surface area (TPSA) is 191 Å². The number of anilines is 1. The van der Waals surface area contributed by atoms with Gasteiger partial charge in [-0.15, -0.1) is 0 Å². The number of hydrogen-bond acceptors (Lipinski definition) is 10. The van der Waals surface area contributed by atoms with Gasteiger partial charge >= 0.3 is 5.97 Å². The number of non-ortho nitro benzene ring substituents is 1. The second-order valence-corrected chi connectivity index (χ2v) is 18.7. The summed E-state index contributed by atoms with van der Waals surface area (Å²) in [6, 6.07) is 52.6. The summed E-state index contributed by atoms with van der Waals surface area (Å²) in [6.07, 6.45) is 8.48. The smallest absolute Gasteiger partial charge is 0.309 e. The zero-order valence-electron chi connectivity index (χ0n) is 41.2. The average molecular weight is 999 g/mol. The van der Waals surface area contributed by atoms with Crippen molar-refractivity contribution < 1.29 is 24.0 Å². The first-order valence-electron chi connectivity index (χ1n) is 24.8. The Morgan fingerprint density at radius 1 is 0.553 bits per heavy atom. The number of hydrogen-bond donors (Lipinski definition) is 3. The summed E-state index contributed by atoms with van der Waals surface area (Å²) in [5.41, 5.74) is 15.8. The summed E-state index contributed by atoms with van der Waals surface area (Å²) < 4.78 is 11.8. The summed E-state index contributed by atoms with van der Waals surface area (Å²) in [7, 11) is 1.28. The first kappa shape index (κ1) is 47.0. The van der Waals surface area contributed by atoms with Crippen molar-refractivity contribution in [1.29, 1.82) is 0 Å². The highest BCUT2D eigenvalue weighted by Gasteiger charge is 2.41. The third-order valence-electron chi connectivity index (χ3n) is 14.0. The number of methoxy groups -OCH3 is 1. The van der Waals surface area contributed by atoms with E-state index in [0.29, 0.717) is 28.5 Å². The van der Waals surface area contributed by atoms with Gasteiger partial charge in [-0.05, 0) is 108 Å². The van der Waals surface area contributed by atoms with Crippen molar-refractivity contribution in [2.45, 2.75) is 19.8 Å². The predicted octanol–water partition coefficient (Wildman–Crippen LogP) is 13.3. The molecule has 0 radical (unpaired) electrons. The number of nitro benzene ring substituents is 1. The lowest BCUT2D eigenvalue weighted by Gasteiger charge is -2.30. The van der Waals surface area contributed by atoms with Crippen LogP contribution in [0.5, 0.6) is 11.6 Å². The Morgan fingerprint density at radius 3 is 1.43 bits per heavy atom. The van der Waals surface area contributed by atoms with E-state index in [4.69, 9.17) is 29.4 Å². The number of ether oxygens (including phenoxy) is 2. The standard InChI is InChI=1S/C62H46N8O6/c1-36-63-55-35-44(60(71)65-41-20-22-42(23-21-41)70(73)74)45(62(72)75-2)34-46(55)61(64-36)76-43-24-18-40(19-25-43)59-53-32-30-51(68-53)57(38-14-8-4-9-15-38)49-28-26-47(66-49)56(37-12-6-3-7-13-37)48-27-29-50(67-48)58(39-16-10-5-11-17-39)52-31-33-54(59)69-52/h3-33,44-45,66,69H,34-35H2,1-2H3,(H,65,71). The molecule has 0 saturated carbocycles. The fourth-order valence-corrected chi connectivity index (χ4v) is 10.4. The summed E-state index contributed by atoms with van der Waals surface area (Å²) in [5.74, 6) is -1.57. The van der Waals surface area contributed by atoms with Gasteiger partial charge in [0, 0.05) is 74.1 Å². The maximum Gasteiger partial charge on any atom is 0.309 e. The zero-order chi connectivity index (χ0) is 51.9. The molecule has 2 aliphatic heterocycles. The highest BCUT2D eigenvalue weighted by molar-refractivity contribution is 6.00. The number of nitrogens with zero attached hydrogens (tertiary/aromatic N) is 5. The van der Waals surface area contributed by atoms with Crippen LogP contribution in [-0.2, 0) is 27.2 Å². The number of H-pyrrole nitrogens is 2. The van der Waals surface area contributed by atoms with Crippen LogP contribution in [0.25, 0.3) is 90.9 Å². The van der Waals surface area contributed by atoms with Crippen molar-refractivity contribution in [3.63, 3.8) is 0 Å². The van der Waals surface area contributed by atoms with E-state index in [1.54, 1.807) is 6.92 Å². The molecule has 9 aromatic rings. The van der Waals surface area contributed by atoms with Gasteiger partial charge in [0.1, 0.15) is 11.6 Å². The van der Waals surface area contributed by atoms with E-state index >= 15 is 0 Å². The predicted molar refractivity (Wildman–Crippen MR) is 296 cm³/mol. The number of nitro groups is 1. The molecule has 5 aromatic carbocycles. The second kappa shape index (κ2) is 19.7. The molecule has 0 fully saturated rings. The highest BCUT2D eigenvalue weighted by atomic mass is 16.6. The van der Waals surface area contributed by atoms with Crippen molar-refractivity contribution in [3.05, 3.63) is 214 Å². The maximum absolute atomic E-state index is 13.8. The van der Waals surface area contributed by atoms with Crippen LogP contribution in [0.15, 0.2) is 164 Å². The minimum absolute atomic E-state index is 0.0773. The lowest BCUT2D eigenvalue weighted by molar-refractivity contribution is -0.384. The van der Waals surface area contributed by atoms with Gasteiger partial charge in [0.15, 0.2) is 0 Å². The van der Waals surface area contributed by atoms with Crippen LogP contribution in [-0.4, -0.2) is 53.8 Å². The van der Waals surface area contributed by atoms with Gasteiger partial charge < -0.3 is 24.8 Å². The Balaban J connectivity index is 0.977. The third kappa shape index (κ3) is 8.97. The van der Waals surface area contributed by atoms with E-state index in [2.05, 4.69) is 100 Å². The zero-order valence-corrected chi connectivity index (χ0v) is 41.2. The van der Waals surface area contributed by atoms with E-state index in [1.165, 1.54) is 31.4 Å². The van der Waals surface area contributed by atoms with Crippen LogP contribution in [0, 0.1) is 28.9 Å². The number of aryl methyl sites for hydroxylation is 1. The van der Waals surface area contributed by atoms with Crippen LogP contribution < -0.4 is 10.1 Å². The number of rotatable bonds is 10. The van der Waals surface area contributed by atoms with Gasteiger partial charge in [-0.25, -0.2) is 15.0 Å². The number of aromatic amines is 2. The largest absolute Gasteiger partial charge is 0.469 e. The Kier molecular flexibility index (Phi) is 12.2. The van der Waals surface area contributed by atoms with Gasteiger partial charge in [0.25, 0.3) is 5.69 Å². The first-order chi connectivity index (χ1) is 37.1. The maximum atomic E-state index is 13.8. The van der Waals surface area contributed by atoms with Gasteiger partial charge in [-0.1, -0.05) is 103 Å². The Morgan fingerprint density at radius 2 is 1.00 bits per heavy atom. The molecule has 0 spiro atoms. The molecule has 6 heterocycles. The molecule has 1 aliphatic carbocycles. The molecule has 0 saturated heterocycles. The average Bonchev–Trinajstić information content (AvgIpc) is 4.32. The highest BCUT2D eigenvalue weighted by Crippen LogP contribution is 2.41. The lowest BCUT2D eigenvalue weighted by Crippen LogP contribution is -2.40. The number of carbonyl (C=O) groups is 2. The van der Waals surface area contributed by atoms with Crippen LogP contribution in [0.1, 0.15) is 39.9 Å². The van der Waals surface area contributed by atoms with Gasteiger partial charge in [0.05, 0.1) is 52.3 Å². The van der Waals surface area contributed by atoms with Gasteiger partial charge in [0.2, 0.25) is 11.8 Å². The van der Waals surface area contributed by atoms with Crippen molar-refractivity contribution >= 4 is 69.6 Å². The lowest BCUT2D eigenvalue weighted by atomic mass is 9.77. The molecule has 14 heteroatoms. The molecule has 4 aromatic heterocycles. The second-order valence-electron chi connectivity index (χ2n) is 18.7. The molecule has 8 bridgehead atoms. The monoisotopic (exact) mass is 998 g/mol. The molecule has 2 atom stereocenters. The summed E-state index contributed by atoms with van der Waals surface area (Å²) in [5, 5.41) is 14.0. The van der Waals surface area contributed by atoms with Gasteiger partial charge in [-0.2, -0.15) is 4.98 Å². The molecule has 3 aliphatic rings. The normalized spacial score (nSPS) is 14.4. The fourth-order valence-electron chi connectivity index (χ4n) is 10.4. The Bertz CT molecular complexity index is 3970. The fraction of sp³-hybridized carbons (Fsp3) is 0.0968. The van der Waals surface area contributed by atoms with Crippen LogP contribution in [0.2, 0.25) is 0 Å². The van der Waals surface area contributed by atoms with Crippen molar-refractivity contribution in [2.75, 3.05) is 12.4 Å². The molecule has 76 heavy (non-hydrogen) atoms. The third-order valence-corrected chi connectivity index (χ3v) is 14.0. The van der Waals surface area contributed by atoms with Crippen LogP contribution >= 0.6 is 0 Å². The number of aromatic nitrogens is 6. The van der Waals surface area contributed by atoms with E-state index < -0.39 is 28.6 Å². The van der Waals surface area contributed by atoms with Crippen LogP contribution in [0.4, 0.5) is 11.4 Å². The summed E-state index contributed by atoms with van der Waals surface area (Å²) in [6.45, 7) is 1.75. The van der Waals surface area contributed by atoms with E-state index in [1.807, 2.05) is 78.9 Å². The van der Waals surface area contributed by atoms with E-state index in [-0.39, 0.29) is 24.4 Å². The molecule has 2 unspecified atom stereocenters. The number of esters is 1. The summed E-state index contributed by atoms with van der Waals surface area (Å²) in [4.78, 5) is 65.8. The SMILES string of the molecule is COC(=O)C1Cc2c(nc(C)nc2Oc2ccc(-c3c4nc(c(-c5ccccc5)c5ccc([nH]5)c(-c5ccccc5)c5nc(c(-c6ccccc6)c6ccc3[nH]6)C=C5)C=C4)cc2)CC1C(=O)Nc1ccc([N+](=O)[O-])cc1. The van der Waals surface area contributed by atoms with Gasteiger partial charge in [-0.3, -0.25) is 19.7 Å². The number of amides is 1. The Hall–Kier alpha value is -10.1. The number of fused-ring (bicyclic) bond motifs is 9. The number of nitrogens with one attached hydrogen (secondary N) is 3. The molecule has 12 rings (SSSR count). The van der Waals surface area contributed by atoms with Crippen LogP contribution in [0.3, 0.4) is 0 Å². The van der Waals surface area contributed by atoms with E-state index in [0.717, 1.165) is 89.4 Å². The first-order valence-corrected chi connectivity index (χ1v) is 24.8. The minimum atomic E-state index is -0.889. The quantitative estimate of drug-likeness (QED) is 0.0675. The molecule has 14 nitrogen and oxygen atoms in total. The van der Waals surface area contributed by atoms with E-state index in [9.17, 15) is 19.7 Å². The molecular formula is C62H46N8O6.